The number of carbonyl (C=O) groups excluding carboxylic acids is 3. The molecule has 38 heavy (non-hydrogen) atoms. The standard InChI is InChI=1S/C27H31N5O6/c1-14-10-11-18(12-19(14)29-25(34)17(4)36-6)23-30-24-20(21(28-5)26(37-13-33)32(24)31-23)27(35)38-22-15(2)8-7-9-16(22)3/h10-13,15-17,22H,7-9H2,1-4,6H3,(H,29,34)(H,30,31). The van der Waals surface area contributed by atoms with Crippen LogP contribution in [0, 0.1) is 25.3 Å². The van der Waals surface area contributed by atoms with E-state index in [0.29, 0.717) is 17.1 Å². The lowest BCUT2D eigenvalue weighted by molar-refractivity contribution is -0.124. The number of hydrogen-bond acceptors (Lipinski definition) is 7. The summed E-state index contributed by atoms with van der Waals surface area (Å²) in [5.74, 6) is -0.464. The molecule has 2 aromatic heterocycles. The summed E-state index contributed by atoms with van der Waals surface area (Å²) in [7, 11) is 1.45. The molecule has 200 valence electrons. The van der Waals surface area contributed by atoms with Crippen molar-refractivity contribution in [2.75, 3.05) is 12.4 Å². The van der Waals surface area contributed by atoms with Crippen molar-refractivity contribution in [1.29, 1.82) is 0 Å². The molecule has 11 heteroatoms. The van der Waals surface area contributed by atoms with Gasteiger partial charge in [0.15, 0.2) is 11.5 Å². The quantitative estimate of drug-likeness (QED) is 0.250. The topological polar surface area (TPSA) is 128 Å². The molecule has 2 heterocycles. The fourth-order valence-corrected chi connectivity index (χ4v) is 4.86. The van der Waals surface area contributed by atoms with Crippen LogP contribution in [0.15, 0.2) is 18.2 Å². The molecule has 1 aromatic carbocycles. The van der Waals surface area contributed by atoms with Crippen LogP contribution in [-0.4, -0.2) is 52.3 Å². The van der Waals surface area contributed by atoms with Gasteiger partial charge in [-0.05, 0) is 50.2 Å². The predicted molar refractivity (Wildman–Crippen MR) is 139 cm³/mol. The predicted octanol–water partition coefficient (Wildman–Crippen LogP) is 4.68. The summed E-state index contributed by atoms with van der Waals surface area (Å²) in [5.41, 5.74) is 1.85. The number of amides is 1. The number of aromatic nitrogens is 3. The molecule has 0 radical (unpaired) electrons. The lowest BCUT2D eigenvalue weighted by Crippen LogP contribution is -2.34. The lowest BCUT2D eigenvalue weighted by atomic mass is 9.80. The van der Waals surface area contributed by atoms with Crippen LogP contribution < -0.4 is 10.1 Å². The van der Waals surface area contributed by atoms with E-state index in [1.807, 2.05) is 26.8 Å². The smallest absolute Gasteiger partial charge is 0.331 e. The number of rotatable bonds is 8. The van der Waals surface area contributed by atoms with Crippen LogP contribution in [0.1, 0.15) is 56.0 Å². The normalized spacial score (nSPS) is 19.9. The zero-order chi connectivity index (χ0) is 27.6. The molecule has 3 atom stereocenters. The van der Waals surface area contributed by atoms with Crippen molar-refractivity contribution < 1.29 is 28.6 Å². The number of esters is 1. The third kappa shape index (κ3) is 4.99. The van der Waals surface area contributed by atoms with Crippen LogP contribution in [0.2, 0.25) is 0 Å². The number of hydrogen-bond donors (Lipinski definition) is 2. The molecule has 4 rings (SSSR count). The molecule has 1 amide bonds. The lowest BCUT2D eigenvalue weighted by Gasteiger charge is -2.33. The first kappa shape index (κ1) is 26.9. The summed E-state index contributed by atoms with van der Waals surface area (Å²) in [6.45, 7) is 15.4. The summed E-state index contributed by atoms with van der Waals surface area (Å²) >= 11 is 0. The third-order valence-electron chi connectivity index (χ3n) is 7.16. The second-order valence-corrected chi connectivity index (χ2v) is 9.74. The SMILES string of the molecule is [C-]#[N+]c1c(C(=O)OC2C(C)CCCC2C)c2nc(-c3ccc(C)c(NC(=O)C(C)OC)c3)[nH]n2c1OC=O. The summed E-state index contributed by atoms with van der Waals surface area (Å²) in [5, 5.41) is 5.84. The molecule has 1 aliphatic carbocycles. The highest BCUT2D eigenvalue weighted by Gasteiger charge is 2.35. The van der Waals surface area contributed by atoms with Gasteiger partial charge in [-0.1, -0.05) is 32.4 Å². The van der Waals surface area contributed by atoms with Crippen molar-refractivity contribution in [3.05, 3.63) is 40.7 Å². The van der Waals surface area contributed by atoms with Gasteiger partial charge in [0.1, 0.15) is 17.8 Å². The number of nitrogens with one attached hydrogen (secondary N) is 2. The van der Waals surface area contributed by atoms with Crippen molar-refractivity contribution in [3.8, 4) is 17.3 Å². The van der Waals surface area contributed by atoms with Gasteiger partial charge in [-0.15, -0.1) is 0 Å². The molecule has 0 saturated heterocycles. The van der Waals surface area contributed by atoms with E-state index in [2.05, 4.69) is 20.2 Å². The minimum Gasteiger partial charge on any atom is -0.459 e. The van der Waals surface area contributed by atoms with Gasteiger partial charge in [0.25, 0.3) is 18.1 Å². The molecule has 0 bridgehead atoms. The van der Waals surface area contributed by atoms with Gasteiger partial charge in [-0.25, -0.2) is 19.1 Å². The summed E-state index contributed by atoms with van der Waals surface area (Å²) < 4.78 is 17.4. The number of aryl methyl sites for hydroxylation is 1. The summed E-state index contributed by atoms with van der Waals surface area (Å²) in [6, 6.07) is 5.34. The molecule has 3 unspecified atom stereocenters. The zero-order valence-corrected chi connectivity index (χ0v) is 22.0. The van der Waals surface area contributed by atoms with Gasteiger partial charge in [-0.2, -0.15) is 0 Å². The molecular formula is C27H31N5O6. The Morgan fingerprint density at radius 2 is 2.00 bits per heavy atom. The Bertz CT molecular complexity index is 1410. The first-order valence-electron chi connectivity index (χ1n) is 12.5. The maximum absolute atomic E-state index is 13.4. The highest BCUT2D eigenvalue weighted by atomic mass is 16.5. The Balaban J connectivity index is 1.77. The number of methoxy groups -OCH3 is 1. The Morgan fingerprint density at radius 1 is 1.29 bits per heavy atom. The first-order chi connectivity index (χ1) is 18.2. The fourth-order valence-electron chi connectivity index (χ4n) is 4.86. The van der Waals surface area contributed by atoms with E-state index in [1.165, 1.54) is 11.6 Å². The number of H-pyrrole nitrogens is 1. The Hall–Kier alpha value is -4.17. The molecule has 1 aliphatic rings. The van der Waals surface area contributed by atoms with Gasteiger partial charge in [-0.3, -0.25) is 14.7 Å². The average Bonchev–Trinajstić information content (AvgIpc) is 3.44. The second kappa shape index (κ2) is 11.1. The van der Waals surface area contributed by atoms with E-state index >= 15 is 0 Å². The number of fused-ring (bicyclic) bond motifs is 1. The molecule has 3 aromatic rings. The van der Waals surface area contributed by atoms with Crippen molar-refractivity contribution in [2.45, 2.75) is 59.2 Å². The van der Waals surface area contributed by atoms with Crippen LogP contribution >= 0.6 is 0 Å². The molecule has 1 saturated carbocycles. The van der Waals surface area contributed by atoms with Crippen LogP contribution in [-0.2, 0) is 19.1 Å². The van der Waals surface area contributed by atoms with E-state index < -0.39 is 12.1 Å². The Labute approximate surface area is 220 Å². The molecule has 2 N–H and O–H groups in total. The third-order valence-corrected chi connectivity index (χ3v) is 7.16. The van der Waals surface area contributed by atoms with Gasteiger partial charge in [0.2, 0.25) is 5.88 Å². The summed E-state index contributed by atoms with van der Waals surface area (Å²) in [6.07, 6.45) is 2.04. The second-order valence-electron chi connectivity index (χ2n) is 9.74. The Kier molecular flexibility index (Phi) is 7.83. The van der Waals surface area contributed by atoms with Crippen molar-refractivity contribution >= 4 is 35.4 Å². The largest absolute Gasteiger partial charge is 0.459 e. The van der Waals surface area contributed by atoms with E-state index in [4.69, 9.17) is 20.8 Å². The van der Waals surface area contributed by atoms with E-state index in [1.54, 1.807) is 19.1 Å². The van der Waals surface area contributed by atoms with E-state index in [0.717, 1.165) is 24.8 Å². The number of nitrogens with zero attached hydrogens (tertiary/aromatic N) is 3. The number of anilines is 1. The van der Waals surface area contributed by atoms with Crippen molar-refractivity contribution in [1.82, 2.24) is 14.6 Å². The monoisotopic (exact) mass is 521 g/mol. The van der Waals surface area contributed by atoms with Crippen LogP contribution in [0.25, 0.3) is 21.9 Å². The molecule has 0 aliphatic heterocycles. The highest BCUT2D eigenvalue weighted by molar-refractivity contribution is 6.05. The first-order valence-corrected chi connectivity index (χ1v) is 12.5. The zero-order valence-electron chi connectivity index (χ0n) is 22.0. The highest BCUT2D eigenvalue weighted by Crippen LogP contribution is 2.40. The van der Waals surface area contributed by atoms with Gasteiger partial charge in [0.05, 0.1) is 6.57 Å². The number of benzene rings is 1. The number of carbonyl (C=O) groups is 3. The Morgan fingerprint density at radius 3 is 2.63 bits per heavy atom. The van der Waals surface area contributed by atoms with Gasteiger partial charge >= 0.3 is 5.97 Å². The maximum atomic E-state index is 13.4. The van der Waals surface area contributed by atoms with E-state index in [-0.39, 0.29) is 53.1 Å². The summed E-state index contributed by atoms with van der Waals surface area (Å²) in [4.78, 5) is 45.1. The molecular weight excluding hydrogens is 490 g/mol. The number of aromatic amines is 1. The molecule has 1 fully saturated rings. The minimum absolute atomic E-state index is 0.0705. The fraction of sp³-hybridized carbons (Fsp3) is 0.444. The van der Waals surface area contributed by atoms with Gasteiger partial charge in [0, 0.05) is 18.4 Å². The molecule has 0 spiro atoms. The van der Waals surface area contributed by atoms with Crippen molar-refractivity contribution in [2.24, 2.45) is 11.8 Å². The van der Waals surface area contributed by atoms with Gasteiger partial charge < -0.3 is 19.5 Å². The minimum atomic E-state index is -0.691. The van der Waals surface area contributed by atoms with Crippen molar-refractivity contribution in [3.63, 3.8) is 0 Å². The number of ether oxygens (including phenoxy) is 3. The van der Waals surface area contributed by atoms with Crippen LogP contribution in [0.3, 0.4) is 0 Å². The molecule has 11 nitrogen and oxygen atoms in total. The van der Waals surface area contributed by atoms with Crippen LogP contribution in [0.4, 0.5) is 11.4 Å². The average molecular weight is 522 g/mol. The van der Waals surface area contributed by atoms with E-state index in [9.17, 15) is 14.4 Å². The van der Waals surface area contributed by atoms with Crippen LogP contribution in [0.5, 0.6) is 5.88 Å². The maximum Gasteiger partial charge on any atom is 0.331 e.